The number of H-pyrrole nitrogens is 1. The third kappa shape index (κ3) is 4.58. The summed E-state index contributed by atoms with van der Waals surface area (Å²) in [6.07, 6.45) is 3.97. The summed E-state index contributed by atoms with van der Waals surface area (Å²) >= 11 is 0. The molecule has 2 aromatic rings. The molecule has 146 valence electrons. The maximum absolute atomic E-state index is 13.0. The predicted octanol–water partition coefficient (Wildman–Crippen LogP) is 1.44. The van der Waals surface area contributed by atoms with Gasteiger partial charge in [-0.25, -0.2) is 8.42 Å². The molecule has 1 fully saturated rings. The third-order valence-electron chi connectivity index (χ3n) is 4.79. The molecule has 0 spiro atoms. The summed E-state index contributed by atoms with van der Waals surface area (Å²) < 4.78 is 27.4. The number of nitrogens with one attached hydrogen (secondary N) is 1. The lowest BCUT2D eigenvalue weighted by atomic mass is 10.1. The molecule has 1 aromatic carbocycles. The fraction of sp³-hybridized carbons (Fsp3) is 0.421. The minimum absolute atomic E-state index is 0.103. The molecule has 2 heterocycles. The third-order valence-corrected chi connectivity index (χ3v) is 6.67. The molecule has 0 saturated carbocycles. The summed E-state index contributed by atoms with van der Waals surface area (Å²) in [5.41, 5.74) is 7.01. The molecule has 1 saturated heterocycles. The molecular weight excluding hydrogens is 364 g/mol. The van der Waals surface area contributed by atoms with Crippen molar-refractivity contribution in [2.24, 2.45) is 5.73 Å². The molecule has 0 radical (unpaired) electrons. The van der Waals surface area contributed by atoms with Crippen molar-refractivity contribution in [2.75, 3.05) is 32.7 Å². The van der Waals surface area contributed by atoms with E-state index in [4.69, 9.17) is 5.73 Å². The van der Waals surface area contributed by atoms with E-state index in [0.29, 0.717) is 18.7 Å². The highest BCUT2D eigenvalue weighted by Gasteiger charge is 2.27. The van der Waals surface area contributed by atoms with Crippen molar-refractivity contribution in [1.82, 2.24) is 14.2 Å². The Balaban J connectivity index is 1.74. The normalized spacial score (nSPS) is 14.8. The molecule has 1 aromatic heterocycles. The van der Waals surface area contributed by atoms with Crippen LogP contribution in [-0.4, -0.2) is 61.2 Å². The van der Waals surface area contributed by atoms with E-state index in [9.17, 15) is 13.2 Å². The van der Waals surface area contributed by atoms with E-state index in [1.54, 1.807) is 4.90 Å². The Morgan fingerprint density at radius 1 is 1.15 bits per heavy atom. The van der Waals surface area contributed by atoms with Gasteiger partial charge in [-0.3, -0.25) is 4.79 Å². The smallest absolute Gasteiger partial charge is 0.270 e. The van der Waals surface area contributed by atoms with Gasteiger partial charge in [0.15, 0.2) is 0 Å². The van der Waals surface area contributed by atoms with Crippen molar-refractivity contribution in [2.45, 2.75) is 24.2 Å². The van der Waals surface area contributed by atoms with Crippen molar-refractivity contribution < 1.29 is 13.2 Å². The Hall–Kier alpha value is -2.16. The summed E-state index contributed by atoms with van der Waals surface area (Å²) in [4.78, 5) is 17.1. The summed E-state index contributed by atoms with van der Waals surface area (Å²) in [6, 6.07) is 11.2. The van der Waals surface area contributed by atoms with Gasteiger partial charge in [-0.15, -0.1) is 0 Å². The molecule has 27 heavy (non-hydrogen) atoms. The van der Waals surface area contributed by atoms with Crippen LogP contribution in [0, 0.1) is 0 Å². The van der Waals surface area contributed by atoms with Crippen LogP contribution in [0.2, 0.25) is 0 Å². The zero-order chi connectivity index (χ0) is 19.3. The van der Waals surface area contributed by atoms with Gasteiger partial charge < -0.3 is 15.6 Å². The minimum atomic E-state index is -3.72. The number of aromatic nitrogens is 1. The number of benzene rings is 1. The van der Waals surface area contributed by atoms with Crippen LogP contribution in [0.15, 0.2) is 47.5 Å². The van der Waals surface area contributed by atoms with E-state index in [1.807, 2.05) is 30.3 Å². The topological polar surface area (TPSA) is 99.5 Å². The van der Waals surface area contributed by atoms with Gasteiger partial charge in [-0.2, -0.15) is 4.31 Å². The number of nitrogens with zero attached hydrogens (tertiary/aromatic N) is 2. The van der Waals surface area contributed by atoms with Crippen molar-refractivity contribution in [3.63, 3.8) is 0 Å². The average molecular weight is 391 g/mol. The second-order valence-corrected chi connectivity index (χ2v) is 8.61. The van der Waals surface area contributed by atoms with Crippen LogP contribution in [0.3, 0.4) is 0 Å². The lowest BCUT2D eigenvalue weighted by molar-refractivity contribution is 0.0787. The lowest BCUT2D eigenvalue weighted by Gasteiger charge is -2.21. The van der Waals surface area contributed by atoms with Gasteiger partial charge in [0.1, 0.15) is 10.6 Å². The van der Waals surface area contributed by atoms with Gasteiger partial charge in [0.2, 0.25) is 10.0 Å². The summed E-state index contributed by atoms with van der Waals surface area (Å²) in [5, 5.41) is 0. The van der Waals surface area contributed by atoms with Crippen LogP contribution < -0.4 is 5.73 Å². The zero-order valence-corrected chi connectivity index (χ0v) is 16.1. The van der Waals surface area contributed by atoms with Gasteiger partial charge in [-0.1, -0.05) is 30.3 Å². The molecule has 1 aliphatic heterocycles. The van der Waals surface area contributed by atoms with Gasteiger partial charge in [0.25, 0.3) is 5.91 Å². The zero-order valence-electron chi connectivity index (χ0n) is 15.3. The SMILES string of the molecule is NCCN(CCc1ccccc1)S(=O)(=O)c1c[nH]c(C(=O)N2CCCC2)c1. The van der Waals surface area contributed by atoms with Gasteiger partial charge >= 0.3 is 0 Å². The Morgan fingerprint density at radius 3 is 2.52 bits per heavy atom. The first-order valence-corrected chi connectivity index (χ1v) is 10.7. The van der Waals surface area contributed by atoms with Crippen molar-refractivity contribution in [1.29, 1.82) is 0 Å². The first kappa shape index (κ1) is 19.6. The number of carbonyl (C=O) groups excluding carboxylic acids is 1. The molecule has 8 heteroatoms. The number of amides is 1. The highest BCUT2D eigenvalue weighted by atomic mass is 32.2. The van der Waals surface area contributed by atoms with E-state index >= 15 is 0 Å². The quantitative estimate of drug-likeness (QED) is 0.712. The maximum Gasteiger partial charge on any atom is 0.270 e. The predicted molar refractivity (Wildman–Crippen MR) is 104 cm³/mol. The highest BCUT2D eigenvalue weighted by Crippen LogP contribution is 2.19. The molecule has 0 aliphatic carbocycles. The second-order valence-electron chi connectivity index (χ2n) is 6.68. The standard InChI is InChI=1S/C19H26N4O3S/c20-9-13-23(12-8-16-6-2-1-3-7-16)27(25,26)17-14-18(21-15-17)19(24)22-10-4-5-11-22/h1-3,6-7,14-15,21H,4-5,8-13,20H2. The molecular formula is C19H26N4O3S. The fourth-order valence-electron chi connectivity index (χ4n) is 3.28. The molecule has 0 unspecified atom stereocenters. The van der Waals surface area contributed by atoms with Crippen LogP contribution in [0.1, 0.15) is 28.9 Å². The van der Waals surface area contributed by atoms with Gasteiger partial charge in [-0.05, 0) is 30.9 Å². The highest BCUT2D eigenvalue weighted by molar-refractivity contribution is 7.89. The van der Waals surface area contributed by atoms with Crippen LogP contribution in [-0.2, 0) is 16.4 Å². The van der Waals surface area contributed by atoms with Crippen molar-refractivity contribution >= 4 is 15.9 Å². The van der Waals surface area contributed by atoms with E-state index in [1.165, 1.54) is 16.6 Å². The van der Waals surface area contributed by atoms with Crippen molar-refractivity contribution in [3.05, 3.63) is 53.9 Å². The van der Waals surface area contributed by atoms with Gasteiger partial charge in [0.05, 0.1) is 0 Å². The number of rotatable bonds is 8. The first-order chi connectivity index (χ1) is 13.0. The number of likely N-dealkylation sites (tertiary alicyclic amines) is 1. The number of hydrogen-bond donors (Lipinski definition) is 2. The second kappa shape index (κ2) is 8.69. The van der Waals surface area contributed by atoms with E-state index in [0.717, 1.165) is 31.5 Å². The van der Waals surface area contributed by atoms with Crippen LogP contribution in [0.5, 0.6) is 0 Å². The molecule has 3 N–H and O–H groups in total. The largest absolute Gasteiger partial charge is 0.356 e. The number of nitrogens with two attached hydrogens (primary N) is 1. The van der Waals surface area contributed by atoms with Crippen molar-refractivity contribution in [3.8, 4) is 0 Å². The van der Waals surface area contributed by atoms with E-state index in [2.05, 4.69) is 4.98 Å². The summed E-state index contributed by atoms with van der Waals surface area (Å²) in [6.45, 7) is 2.24. The number of carbonyl (C=O) groups is 1. The average Bonchev–Trinajstić information content (AvgIpc) is 3.37. The van der Waals surface area contributed by atoms with E-state index in [-0.39, 0.29) is 23.9 Å². The Labute approximate surface area is 160 Å². The van der Waals surface area contributed by atoms with E-state index < -0.39 is 10.0 Å². The van der Waals surface area contributed by atoms with Gasteiger partial charge in [0, 0.05) is 38.9 Å². The molecule has 0 bridgehead atoms. The van der Waals surface area contributed by atoms with Crippen LogP contribution >= 0.6 is 0 Å². The monoisotopic (exact) mass is 390 g/mol. The Kier molecular flexibility index (Phi) is 6.30. The minimum Gasteiger partial charge on any atom is -0.356 e. The molecule has 3 rings (SSSR count). The molecule has 1 aliphatic rings. The Morgan fingerprint density at radius 2 is 1.85 bits per heavy atom. The number of aromatic amines is 1. The molecule has 7 nitrogen and oxygen atoms in total. The maximum atomic E-state index is 13.0. The number of sulfonamides is 1. The van der Waals surface area contributed by atoms with Crippen LogP contribution in [0.4, 0.5) is 0 Å². The molecule has 0 atom stereocenters. The summed E-state index contributed by atoms with van der Waals surface area (Å²) in [5.74, 6) is -0.149. The number of hydrogen-bond acceptors (Lipinski definition) is 4. The first-order valence-electron chi connectivity index (χ1n) is 9.24. The lowest BCUT2D eigenvalue weighted by Crippen LogP contribution is -2.36. The summed E-state index contributed by atoms with van der Waals surface area (Å²) in [7, 11) is -3.72. The Bertz CT molecular complexity index is 858. The molecule has 1 amide bonds. The fourth-order valence-corrected chi connectivity index (χ4v) is 4.73. The van der Waals surface area contributed by atoms with Crippen LogP contribution in [0.25, 0.3) is 0 Å².